The van der Waals surface area contributed by atoms with E-state index in [9.17, 15) is 18.0 Å². The zero-order valence-corrected chi connectivity index (χ0v) is 27.6. The number of ether oxygens (including phenoxy) is 2. The van der Waals surface area contributed by atoms with Crippen molar-refractivity contribution in [3.8, 4) is 10.4 Å². The number of benzene rings is 2. The number of hydrogen-bond donors (Lipinski definition) is 4. The highest BCUT2D eigenvalue weighted by molar-refractivity contribution is 7.89. The fraction of sp³-hybridized carbons (Fsp3) is 0.469. The second kappa shape index (κ2) is 13.1. The molecule has 2 fully saturated rings. The third-order valence-corrected chi connectivity index (χ3v) is 11.3. The van der Waals surface area contributed by atoms with Crippen molar-refractivity contribution in [2.75, 3.05) is 18.5 Å². The molecule has 1 saturated heterocycles. The molecule has 2 heterocycles. The van der Waals surface area contributed by atoms with E-state index >= 15 is 0 Å². The molecular formula is C32H41N5O6S2. The summed E-state index contributed by atoms with van der Waals surface area (Å²) in [6, 6.07) is 13.7. The SMILES string of the molecule is C[C@@H](NC(=O)Nc1ccc(-c2cnc(C3CCC(OC(N)=O)(C4COC4)CC3)s2)c(S(=O)(=O)NC(C)(C)C)c1)c1ccccc1. The number of hydrogen-bond acceptors (Lipinski definition) is 8. The molecule has 3 amide bonds. The van der Waals surface area contributed by atoms with Crippen LogP contribution in [0.3, 0.4) is 0 Å². The quantitative estimate of drug-likeness (QED) is 0.223. The molecule has 13 heteroatoms. The van der Waals surface area contributed by atoms with Gasteiger partial charge in [0.1, 0.15) is 5.60 Å². The Kier molecular flexibility index (Phi) is 9.54. The van der Waals surface area contributed by atoms with Crippen LogP contribution in [0.4, 0.5) is 15.3 Å². The van der Waals surface area contributed by atoms with E-state index in [1.165, 1.54) is 17.4 Å². The first-order chi connectivity index (χ1) is 21.2. The maximum Gasteiger partial charge on any atom is 0.405 e. The number of rotatable bonds is 9. The second-order valence-corrected chi connectivity index (χ2v) is 15.6. The van der Waals surface area contributed by atoms with E-state index in [2.05, 4.69) is 15.4 Å². The van der Waals surface area contributed by atoms with Crippen LogP contribution in [0.15, 0.2) is 59.6 Å². The number of carbonyl (C=O) groups excluding carboxylic acids is 2. The van der Waals surface area contributed by atoms with Gasteiger partial charge in [-0.3, -0.25) is 0 Å². The van der Waals surface area contributed by atoms with Gasteiger partial charge < -0.3 is 25.8 Å². The molecule has 0 unspecified atom stereocenters. The van der Waals surface area contributed by atoms with Gasteiger partial charge in [-0.1, -0.05) is 36.4 Å². The van der Waals surface area contributed by atoms with Gasteiger partial charge in [0, 0.05) is 34.8 Å². The Morgan fingerprint density at radius 2 is 1.80 bits per heavy atom. The van der Waals surface area contributed by atoms with Gasteiger partial charge in [0.25, 0.3) is 0 Å². The van der Waals surface area contributed by atoms with Gasteiger partial charge in [-0.15, -0.1) is 11.3 Å². The number of amides is 3. The highest BCUT2D eigenvalue weighted by Crippen LogP contribution is 2.47. The highest BCUT2D eigenvalue weighted by atomic mass is 32.2. The summed E-state index contributed by atoms with van der Waals surface area (Å²) < 4.78 is 41.1. The number of nitrogens with zero attached hydrogens (tertiary/aromatic N) is 1. The number of carbonyl (C=O) groups is 2. The molecule has 1 aliphatic carbocycles. The molecule has 0 radical (unpaired) electrons. The van der Waals surface area contributed by atoms with E-state index < -0.39 is 33.3 Å². The molecule has 1 aromatic heterocycles. The summed E-state index contributed by atoms with van der Waals surface area (Å²) in [6.07, 6.45) is 3.76. The summed E-state index contributed by atoms with van der Waals surface area (Å²) in [5.74, 6) is 0.273. The third-order valence-electron chi connectivity index (χ3n) is 8.27. The summed E-state index contributed by atoms with van der Waals surface area (Å²) in [5.41, 5.74) is 5.85. The molecule has 1 saturated carbocycles. The van der Waals surface area contributed by atoms with E-state index in [-0.39, 0.29) is 22.8 Å². The zero-order valence-electron chi connectivity index (χ0n) is 26.0. The lowest BCUT2D eigenvalue weighted by Gasteiger charge is -2.47. The Balaban J connectivity index is 1.37. The molecule has 2 aromatic carbocycles. The summed E-state index contributed by atoms with van der Waals surface area (Å²) in [7, 11) is -3.98. The normalized spacial score (nSPS) is 21.4. The minimum atomic E-state index is -3.98. The number of thiazole rings is 1. The van der Waals surface area contributed by atoms with Crippen molar-refractivity contribution in [2.24, 2.45) is 11.7 Å². The molecule has 2 aliphatic rings. The Hall–Kier alpha value is -3.52. The summed E-state index contributed by atoms with van der Waals surface area (Å²) >= 11 is 1.45. The predicted octanol–water partition coefficient (Wildman–Crippen LogP) is 5.91. The van der Waals surface area contributed by atoms with Crippen LogP contribution in [-0.2, 0) is 19.5 Å². The molecule has 1 aliphatic heterocycles. The van der Waals surface area contributed by atoms with Crippen LogP contribution < -0.4 is 21.1 Å². The first kappa shape index (κ1) is 32.9. The highest BCUT2D eigenvalue weighted by Gasteiger charge is 2.48. The first-order valence-corrected chi connectivity index (χ1v) is 17.4. The number of nitrogens with one attached hydrogen (secondary N) is 3. The Bertz CT molecular complexity index is 1620. The van der Waals surface area contributed by atoms with Crippen LogP contribution >= 0.6 is 11.3 Å². The van der Waals surface area contributed by atoms with Crippen molar-refractivity contribution in [3.05, 3.63) is 65.3 Å². The number of urea groups is 1. The number of primary amides is 1. The van der Waals surface area contributed by atoms with Crippen LogP contribution in [0.2, 0.25) is 0 Å². The Labute approximate surface area is 268 Å². The van der Waals surface area contributed by atoms with Crippen LogP contribution in [0.25, 0.3) is 10.4 Å². The number of sulfonamides is 1. The van der Waals surface area contributed by atoms with Crippen molar-refractivity contribution in [2.45, 2.75) is 81.4 Å². The number of anilines is 1. The lowest BCUT2D eigenvalue weighted by Crippen LogP contribution is -2.53. The Morgan fingerprint density at radius 1 is 1.11 bits per heavy atom. The summed E-state index contributed by atoms with van der Waals surface area (Å²) in [5, 5.41) is 6.57. The van der Waals surface area contributed by atoms with Gasteiger partial charge in [-0.2, -0.15) is 0 Å². The summed E-state index contributed by atoms with van der Waals surface area (Å²) in [4.78, 5) is 30.0. The van der Waals surface area contributed by atoms with Gasteiger partial charge in [0.05, 0.1) is 34.0 Å². The smallest absolute Gasteiger partial charge is 0.405 e. The monoisotopic (exact) mass is 655 g/mol. The number of aromatic nitrogens is 1. The fourth-order valence-corrected chi connectivity index (χ4v) is 8.82. The predicted molar refractivity (Wildman–Crippen MR) is 174 cm³/mol. The largest absolute Gasteiger partial charge is 0.443 e. The van der Waals surface area contributed by atoms with Crippen molar-refractivity contribution in [1.82, 2.24) is 15.0 Å². The van der Waals surface area contributed by atoms with Gasteiger partial charge in [-0.25, -0.2) is 27.7 Å². The average molecular weight is 656 g/mol. The standard InChI is InChI=1S/C32H41N5O6S2/c1-20(21-8-6-5-7-9-21)35-30(39)36-24-10-11-25(27(16-24)45(40,41)37-31(2,3)4)26-17-34-28(44-26)22-12-14-32(15-13-22,43-29(33)38)23-18-42-19-23/h5-11,16-17,20,22-23,37H,12-15,18-19H2,1-4H3,(H2,33,38)(H2,35,36,39)/t20-,22?,32?/m1/s1. The lowest BCUT2D eigenvalue weighted by molar-refractivity contribution is -0.160. The lowest BCUT2D eigenvalue weighted by atomic mass is 9.71. The van der Waals surface area contributed by atoms with Crippen molar-refractivity contribution in [3.63, 3.8) is 0 Å². The molecule has 0 bridgehead atoms. The molecule has 5 rings (SSSR count). The molecule has 242 valence electrons. The molecule has 1 atom stereocenters. The van der Waals surface area contributed by atoms with Crippen molar-refractivity contribution < 1.29 is 27.5 Å². The molecule has 11 nitrogen and oxygen atoms in total. The van der Waals surface area contributed by atoms with Crippen LogP contribution in [0.5, 0.6) is 0 Å². The van der Waals surface area contributed by atoms with Gasteiger partial charge in [0.15, 0.2) is 0 Å². The maximum absolute atomic E-state index is 13.7. The molecule has 3 aromatic rings. The summed E-state index contributed by atoms with van der Waals surface area (Å²) in [6.45, 7) is 8.31. The maximum atomic E-state index is 13.7. The first-order valence-electron chi connectivity index (χ1n) is 15.1. The average Bonchev–Trinajstić information content (AvgIpc) is 3.41. The minimum Gasteiger partial charge on any atom is -0.443 e. The second-order valence-electron chi connectivity index (χ2n) is 12.9. The van der Waals surface area contributed by atoms with E-state index in [4.69, 9.17) is 20.2 Å². The van der Waals surface area contributed by atoms with Crippen LogP contribution in [0, 0.1) is 5.92 Å². The molecule has 5 N–H and O–H groups in total. The van der Waals surface area contributed by atoms with Gasteiger partial charge >= 0.3 is 12.1 Å². The Morgan fingerprint density at radius 3 is 2.40 bits per heavy atom. The minimum absolute atomic E-state index is 0.0454. The van der Waals surface area contributed by atoms with E-state index in [0.717, 1.165) is 23.4 Å². The van der Waals surface area contributed by atoms with E-state index in [0.29, 0.717) is 42.2 Å². The van der Waals surface area contributed by atoms with Gasteiger partial charge in [0.2, 0.25) is 10.0 Å². The third kappa shape index (κ3) is 7.83. The molecule has 0 spiro atoms. The fourth-order valence-electron chi connectivity index (χ4n) is 5.96. The van der Waals surface area contributed by atoms with E-state index in [1.54, 1.807) is 39.1 Å². The molecular weight excluding hydrogens is 615 g/mol. The van der Waals surface area contributed by atoms with Gasteiger partial charge in [-0.05, 0) is 71.1 Å². The molecule has 45 heavy (non-hydrogen) atoms. The van der Waals surface area contributed by atoms with Crippen LogP contribution in [-0.4, -0.2) is 49.9 Å². The van der Waals surface area contributed by atoms with Crippen molar-refractivity contribution >= 4 is 39.2 Å². The van der Waals surface area contributed by atoms with Crippen LogP contribution in [0.1, 0.15) is 75.9 Å². The topological polar surface area (TPSA) is 162 Å². The number of nitrogens with two attached hydrogens (primary N) is 1. The van der Waals surface area contributed by atoms with E-state index in [1.807, 2.05) is 37.3 Å². The van der Waals surface area contributed by atoms with Crippen molar-refractivity contribution in [1.29, 1.82) is 0 Å². The zero-order chi connectivity index (χ0) is 32.4.